The molecule has 0 bridgehead atoms. The molecule has 0 atom stereocenters. The van der Waals surface area contributed by atoms with Gasteiger partial charge in [-0.15, -0.1) is 0 Å². The molecule has 0 saturated carbocycles. The van der Waals surface area contributed by atoms with E-state index < -0.39 is 0 Å². The Morgan fingerprint density at radius 1 is 1.38 bits per heavy atom. The van der Waals surface area contributed by atoms with E-state index in [4.69, 9.17) is 10.5 Å². The summed E-state index contributed by atoms with van der Waals surface area (Å²) in [6.07, 6.45) is 0.980. The fourth-order valence-electron chi connectivity index (χ4n) is 2.21. The largest absolute Gasteiger partial charge is 0.437 e. The average molecular weight is 352 g/mol. The van der Waals surface area contributed by atoms with Crippen molar-refractivity contribution in [2.24, 2.45) is 0 Å². The Morgan fingerprint density at radius 3 is 2.71 bits per heavy atom. The van der Waals surface area contributed by atoms with Crippen molar-refractivity contribution < 1.29 is 4.74 Å². The second-order valence-corrected chi connectivity index (χ2v) is 6.38. The van der Waals surface area contributed by atoms with Crippen molar-refractivity contribution in [3.63, 3.8) is 0 Å². The molecular weight excluding hydrogens is 330 g/mol. The normalized spacial score (nSPS) is 11.1. The van der Waals surface area contributed by atoms with Gasteiger partial charge in [-0.25, -0.2) is 4.68 Å². The summed E-state index contributed by atoms with van der Waals surface area (Å²) in [5.41, 5.74) is 8.68. The monoisotopic (exact) mass is 351 g/mol. The summed E-state index contributed by atoms with van der Waals surface area (Å²) in [6.45, 7) is 9.09. The minimum atomic E-state index is 0.363. The molecule has 0 amide bonds. The van der Waals surface area contributed by atoms with E-state index in [-0.39, 0.29) is 0 Å². The van der Waals surface area contributed by atoms with E-state index in [9.17, 15) is 0 Å². The van der Waals surface area contributed by atoms with Gasteiger partial charge >= 0.3 is 0 Å². The van der Waals surface area contributed by atoms with Crippen molar-refractivity contribution >= 4 is 21.6 Å². The van der Waals surface area contributed by atoms with Gasteiger partial charge in [-0.05, 0) is 43.0 Å². The van der Waals surface area contributed by atoms with Crippen LogP contribution in [0.4, 0.5) is 5.69 Å². The standard InChI is InChI=1S/C16H22BrN3O/c1-5-8-20-16(15(18)11(4)19-20)21-14-7-6-12(17)9-13(14)10(2)3/h6-7,9-10H,5,8,18H2,1-4H3. The van der Waals surface area contributed by atoms with Gasteiger partial charge in [0.2, 0.25) is 5.88 Å². The molecule has 0 aliphatic heterocycles. The number of ether oxygens (including phenoxy) is 1. The van der Waals surface area contributed by atoms with Crippen LogP contribution in [0.2, 0.25) is 0 Å². The zero-order valence-corrected chi connectivity index (χ0v) is 14.6. The number of aryl methyl sites for hydroxylation is 2. The molecule has 1 aromatic carbocycles. The van der Waals surface area contributed by atoms with E-state index >= 15 is 0 Å². The lowest BCUT2D eigenvalue weighted by Crippen LogP contribution is -2.04. The van der Waals surface area contributed by atoms with Crippen molar-refractivity contribution in [2.45, 2.75) is 46.6 Å². The van der Waals surface area contributed by atoms with Crippen LogP contribution in [0.1, 0.15) is 44.4 Å². The fraction of sp³-hybridized carbons (Fsp3) is 0.438. The molecule has 0 aliphatic rings. The van der Waals surface area contributed by atoms with Gasteiger partial charge in [-0.3, -0.25) is 0 Å². The average Bonchev–Trinajstić information content (AvgIpc) is 2.68. The molecule has 4 nitrogen and oxygen atoms in total. The summed E-state index contributed by atoms with van der Waals surface area (Å²) in [5, 5.41) is 4.45. The number of hydrogen-bond donors (Lipinski definition) is 1. The molecule has 2 N–H and O–H groups in total. The van der Waals surface area contributed by atoms with E-state index in [1.165, 1.54) is 0 Å². The Balaban J connectivity index is 2.43. The maximum Gasteiger partial charge on any atom is 0.241 e. The Hall–Kier alpha value is -1.49. The van der Waals surface area contributed by atoms with Gasteiger partial charge in [0.25, 0.3) is 0 Å². The highest BCUT2D eigenvalue weighted by molar-refractivity contribution is 9.10. The smallest absolute Gasteiger partial charge is 0.241 e. The second kappa shape index (κ2) is 6.52. The minimum Gasteiger partial charge on any atom is -0.437 e. The van der Waals surface area contributed by atoms with E-state index in [0.29, 0.717) is 17.5 Å². The minimum absolute atomic E-state index is 0.363. The molecule has 1 aromatic heterocycles. The maximum atomic E-state index is 6.12. The summed E-state index contributed by atoms with van der Waals surface area (Å²) in [6, 6.07) is 6.03. The number of nitrogens with two attached hydrogens (primary N) is 1. The van der Waals surface area contributed by atoms with Crippen LogP contribution >= 0.6 is 15.9 Å². The summed E-state index contributed by atoms with van der Waals surface area (Å²) in [7, 11) is 0. The van der Waals surface area contributed by atoms with Gasteiger partial charge in [0.05, 0.1) is 5.69 Å². The Bertz CT molecular complexity index is 635. The highest BCUT2D eigenvalue weighted by atomic mass is 79.9. The van der Waals surface area contributed by atoms with Gasteiger partial charge in [-0.2, -0.15) is 5.10 Å². The summed E-state index contributed by atoms with van der Waals surface area (Å²) < 4.78 is 9.01. The van der Waals surface area contributed by atoms with Crippen LogP contribution in [0.3, 0.4) is 0 Å². The van der Waals surface area contributed by atoms with E-state index in [2.05, 4.69) is 47.9 Å². The lowest BCUT2D eigenvalue weighted by Gasteiger charge is -2.15. The molecule has 0 spiro atoms. The van der Waals surface area contributed by atoms with Gasteiger partial charge in [-0.1, -0.05) is 36.7 Å². The number of benzene rings is 1. The zero-order chi connectivity index (χ0) is 15.6. The fourth-order valence-corrected chi connectivity index (χ4v) is 2.59. The molecule has 1 heterocycles. The maximum absolute atomic E-state index is 6.12. The quantitative estimate of drug-likeness (QED) is 0.836. The number of halogens is 1. The number of aromatic nitrogens is 2. The first-order chi connectivity index (χ1) is 9.93. The summed E-state index contributed by atoms with van der Waals surface area (Å²) >= 11 is 3.51. The molecule has 0 saturated heterocycles. The molecule has 0 unspecified atom stereocenters. The molecular formula is C16H22BrN3O. The van der Waals surface area contributed by atoms with Gasteiger partial charge in [0.1, 0.15) is 11.4 Å². The molecule has 5 heteroatoms. The van der Waals surface area contributed by atoms with Crippen molar-refractivity contribution in [2.75, 3.05) is 5.73 Å². The lowest BCUT2D eigenvalue weighted by molar-refractivity contribution is 0.405. The lowest BCUT2D eigenvalue weighted by atomic mass is 10.0. The Morgan fingerprint density at radius 2 is 2.10 bits per heavy atom. The third-order valence-electron chi connectivity index (χ3n) is 3.36. The molecule has 0 fully saturated rings. The third kappa shape index (κ3) is 3.40. The van der Waals surface area contributed by atoms with Crippen LogP contribution in [-0.2, 0) is 6.54 Å². The predicted octanol–water partition coefficient (Wildman–Crippen LogP) is 4.86. The Kier molecular flexibility index (Phi) is 4.93. The van der Waals surface area contributed by atoms with Crippen molar-refractivity contribution in [1.29, 1.82) is 0 Å². The third-order valence-corrected chi connectivity index (χ3v) is 3.85. The summed E-state index contributed by atoms with van der Waals surface area (Å²) in [4.78, 5) is 0. The first-order valence-corrected chi connectivity index (χ1v) is 8.03. The number of anilines is 1. The molecule has 0 radical (unpaired) electrons. The van der Waals surface area contributed by atoms with Crippen molar-refractivity contribution in [1.82, 2.24) is 9.78 Å². The van der Waals surface area contributed by atoms with Crippen LogP contribution in [-0.4, -0.2) is 9.78 Å². The van der Waals surface area contributed by atoms with Crippen LogP contribution < -0.4 is 10.5 Å². The van der Waals surface area contributed by atoms with E-state index in [1.807, 2.05) is 23.7 Å². The molecule has 2 aromatic rings. The molecule has 2 rings (SSSR count). The van der Waals surface area contributed by atoms with Crippen molar-refractivity contribution in [3.05, 3.63) is 33.9 Å². The van der Waals surface area contributed by atoms with Gasteiger partial charge in [0.15, 0.2) is 0 Å². The van der Waals surface area contributed by atoms with E-state index in [1.54, 1.807) is 0 Å². The predicted molar refractivity (Wildman–Crippen MR) is 90.0 cm³/mol. The Labute approximate surface area is 134 Å². The van der Waals surface area contributed by atoms with Crippen LogP contribution in [0.25, 0.3) is 0 Å². The number of hydrogen-bond acceptors (Lipinski definition) is 3. The van der Waals surface area contributed by atoms with Gasteiger partial charge in [0, 0.05) is 11.0 Å². The SMILES string of the molecule is CCCn1nc(C)c(N)c1Oc1ccc(Br)cc1C(C)C. The summed E-state index contributed by atoms with van der Waals surface area (Å²) in [5.74, 6) is 1.83. The van der Waals surface area contributed by atoms with Crippen LogP contribution in [0.5, 0.6) is 11.6 Å². The van der Waals surface area contributed by atoms with Gasteiger partial charge < -0.3 is 10.5 Å². The van der Waals surface area contributed by atoms with Crippen LogP contribution in [0, 0.1) is 6.92 Å². The molecule has 21 heavy (non-hydrogen) atoms. The van der Waals surface area contributed by atoms with Crippen LogP contribution in [0.15, 0.2) is 22.7 Å². The topological polar surface area (TPSA) is 53.1 Å². The molecule has 114 valence electrons. The highest BCUT2D eigenvalue weighted by Crippen LogP contribution is 2.36. The first kappa shape index (κ1) is 15.9. The second-order valence-electron chi connectivity index (χ2n) is 5.47. The first-order valence-electron chi connectivity index (χ1n) is 7.24. The van der Waals surface area contributed by atoms with Crippen molar-refractivity contribution in [3.8, 4) is 11.6 Å². The number of nitrogens with zero attached hydrogens (tertiary/aromatic N) is 2. The van der Waals surface area contributed by atoms with E-state index in [0.717, 1.165) is 34.4 Å². The number of rotatable bonds is 5. The highest BCUT2D eigenvalue weighted by Gasteiger charge is 2.17. The molecule has 0 aliphatic carbocycles. The number of nitrogen functional groups attached to an aromatic ring is 1. The zero-order valence-electron chi connectivity index (χ0n) is 13.0.